The third-order valence-electron chi connectivity index (χ3n) is 4.68. The SMILES string of the molecule is COc1cc(C)c(COC(=O)c2ccccc2Cc2ccccc2)cc1OC. The van der Waals surface area contributed by atoms with Gasteiger partial charge in [-0.1, -0.05) is 48.5 Å². The number of carbonyl (C=O) groups is 1. The fourth-order valence-corrected chi connectivity index (χ4v) is 3.09. The fourth-order valence-electron chi connectivity index (χ4n) is 3.09. The zero-order valence-electron chi connectivity index (χ0n) is 16.4. The van der Waals surface area contributed by atoms with Crippen LogP contribution in [0.2, 0.25) is 0 Å². The van der Waals surface area contributed by atoms with Crippen LogP contribution in [-0.2, 0) is 17.8 Å². The summed E-state index contributed by atoms with van der Waals surface area (Å²) in [7, 11) is 3.18. The van der Waals surface area contributed by atoms with E-state index in [4.69, 9.17) is 14.2 Å². The molecule has 4 nitrogen and oxygen atoms in total. The molecule has 0 fully saturated rings. The number of benzene rings is 3. The van der Waals surface area contributed by atoms with Crippen molar-refractivity contribution in [3.8, 4) is 11.5 Å². The molecule has 0 aliphatic heterocycles. The number of carbonyl (C=O) groups excluding carboxylic acids is 1. The van der Waals surface area contributed by atoms with Gasteiger partial charge in [0.25, 0.3) is 0 Å². The summed E-state index contributed by atoms with van der Waals surface area (Å²) in [5.74, 6) is 0.938. The van der Waals surface area contributed by atoms with E-state index in [0.29, 0.717) is 23.5 Å². The smallest absolute Gasteiger partial charge is 0.338 e. The predicted octanol–water partition coefficient (Wildman–Crippen LogP) is 4.96. The molecule has 0 radical (unpaired) electrons. The van der Waals surface area contributed by atoms with Crippen molar-refractivity contribution in [3.05, 3.63) is 94.5 Å². The van der Waals surface area contributed by atoms with Gasteiger partial charge in [-0.15, -0.1) is 0 Å². The molecular formula is C24H24O4. The molecule has 0 saturated carbocycles. The number of aryl methyl sites for hydroxylation is 1. The summed E-state index contributed by atoms with van der Waals surface area (Å²) >= 11 is 0. The first-order chi connectivity index (χ1) is 13.6. The summed E-state index contributed by atoms with van der Waals surface area (Å²) in [6.45, 7) is 2.12. The zero-order valence-corrected chi connectivity index (χ0v) is 16.4. The van der Waals surface area contributed by atoms with Crippen LogP contribution in [0.5, 0.6) is 11.5 Å². The summed E-state index contributed by atoms with van der Waals surface area (Å²) in [4.78, 5) is 12.7. The van der Waals surface area contributed by atoms with Gasteiger partial charge in [0.1, 0.15) is 6.61 Å². The Labute approximate surface area is 165 Å². The van der Waals surface area contributed by atoms with E-state index in [-0.39, 0.29) is 12.6 Å². The zero-order chi connectivity index (χ0) is 19.9. The number of hydrogen-bond acceptors (Lipinski definition) is 4. The third-order valence-corrected chi connectivity index (χ3v) is 4.68. The highest BCUT2D eigenvalue weighted by Gasteiger charge is 2.15. The standard InChI is InChI=1S/C24H24O4/c1-17-13-22(26-2)23(27-3)15-20(17)16-28-24(25)21-12-8-7-11-19(21)14-18-9-5-4-6-10-18/h4-13,15H,14,16H2,1-3H3. The first-order valence-corrected chi connectivity index (χ1v) is 9.13. The van der Waals surface area contributed by atoms with E-state index in [1.165, 1.54) is 0 Å². The molecule has 0 aliphatic rings. The molecule has 0 heterocycles. The Kier molecular flexibility index (Phi) is 6.33. The Hall–Kier alpha value is -3.27. The number of ether oxygens (including phenoxy) is 3. The Balaban J connectivity index is 1.76. The fraction of sp³-hybridized carbons (Fsp3) is 0.208. The molecule has 0 N–H and O–H groups in total. The van der Waals surface area contributed by atoms with E-state index in [9.17, 15) is 4.79 Å². The molecule has 144 valence electrons. The first kappa shape index (κ1) is 19.5. The molecule has 0 aromatic heterocycles. The van der Waals surface area contributed by atoms with Crippen LogP contribution >= 0.6 is 0 Å². The molecule has 0 unspecified atom stereocenters. The minimum absolute atomic E-state index is 0.171. The molecule has 0 aliphatic carbocycles. The van der Waals surface area contributed by atoms with Crippen molar-refractivity contribution < 1.29 is 19.0 Å². The van der Waals surface area contributed by atoms with Gasteiger partial charge < -0.3 is 14.2 Å². The summed E-state index contributed by atoms with van der Waals surface area (Å²) in [6.07, 6.45) is 0.682. The lowest BCUT2D eigenvalue weighted by atomic mass is 10.00. The predicted molar refractivity (Wildman–Crippen MR) is 109 cm³/mol. The molecule has 0 atom stereocenters. The molecule has 3 aromatic rings. The minimum atomic E-state index is -0.333. The second-order valence-electron chi connectivity index (χ2n) is 6.53. The van der Waals surface area contributed by atoms with Gasteiger partial charge >= 0.3 is 5.97 Å². The van der Waals surface area contributed by atoms with Crippen LogP contribution in [0.4, 0.5) is 0 Å². The first-order valence-electron chi connectivity index (χ1n) is 9.13. The highest BCUT2D eigenvalue weighted by Crippen LogP contribution is 2.30. The molecule has 3 aromatic carbocycles. The highest BCUT2D eigenvalue weighted by atomic mass is 16.5. The number of esters is 1. The van der Waals surface area contributed by atoms with Crippen molar-refractivity contribution in [3.63, 3.8) is 0 Å². The van der Waals surface area contributed by atoms with E-state index in [2.05, 4.69) is 12.1 Å². The maximum atomic E-state index is 12.7. The van der Waals surface area contributed by atoms with Gasteiger partial charge in [-0.05, 0) is 53.8 Å². The van der Waals surface area contributed by atoms with Crippen molar-refractivity contribution in [1.82, 2.24) is 0 Å². The number of methoxy groups -OCH3 is 2. The van der Waals surface area contributed by atoms with Crippen LogP contribution in [0.1, 0.15) is 32.6 Å². The monoisotopic (exact) mass is 376 g/mol. The van der Waals surface area contributed by atoms with Crippen molar-refractivity contribution in [1.29, 1.82) is 0 Å². The van der Waals surface area contributed by atoms with Crippen molar-refractivity contribution in [2.45, 2.75) is 20.0 Å². The minimum Gasteiger partial charge on any atom is -0.493 e. The van der Waals surface area contributed by atoms with Crippen LogP contribution in [0.25, 0.3) is 0 Å². The van der Waals surface area contributed by atoms with Gasteiger partial charge in [0.15, 0.2) is 11.5 Å². The topological polar surface area (TPSA) is 44.8 Å². The van der Waals surface area contributed by atoms with Crippen molar-refractivity contribution in [2.75, 3.05) is 14.2 Å². The molecule has 0 saturated heterocycles. The summed E-state index contributed by atoms with van der Waals surface area (Å²) < 4.78 is 16.3. The van der Waals surface area contributed by atoms with Gasteiger partial charge in [0.2, 0.25) is 0 Å². The Morgan fingerprint density at radius 1 is 0.821 bits per heavy atom. The average molecular weight is 376 g/mol. The number of hydrogen-bond donors (Lipinski definition) is 0. The van der Waals surface area contributed by atoms with E-state index in [1.807, 2.05) is 61.5 Å². The average Bonchev–Trinajstić information content (AvgIpc) is 2.73. The van der Waals surface area contributed by atoms with Crippen LogP contribution in [-0.4, -0.2) is 20.2 Å². The van der Waals surface area contributed by atoms with E-state index in [1.54, 1.807) is 14.2 Å². The molecule has 0 spiro atoms. The lowest BCUT2D eigenvalue weighted by Gasteiger charge is -2.14. The van der Waals surface area contributed by atoms with Crippen LogP contribution < -0.4 is 9.47 Å². The van der Waals surface area contributed by atoms with E-state index >= 15 is 0 Å². The normalized spacial score (nSPS) is 10.4. The Morgan fingerprint density at radius 3 is 2.18 bits per heavy atom. The molecular weight excluding hydrogens is 352 g/mol. The molecule has 3 rings (SSSR count). The van der Waals surface area contributed by atoms with Gasteiger partial charge in [-0.2, -0.15) is 0 Å². The summed E-state index contributed by atoms with van der Waals surface area (Å²) in [6, 6.07) is 21.4. The third kappa shape index (κ3) is 4.52. The van der Waals surface area contributed by atoms with Gasteiger partial charge in [0, 0.05) is 0 Å². The van der Waals surface area contributed by atoms with E-state index in [0.717, 1.165) is 22.3 Å². The maximum Gasteiger partial charge on any atom is 0.338 e. The maximum absolute atomic E-state index is 12.7. The van der Waals surface area contributed by atoms with E-state index < -0.39 is 0 Å². The Bertz CT molecular complexity index is 948. The quantitative estimate of drug-likeness (QED) is 0.547. The van der Waals surface area contributed by atoms with Crippen molar-refractivity contribution in [2.24, 2.45) is 0 Å². The van der Waals surface area contributed by atoms with Crippen molar-refractivity contribution >= 4 is 5.97 Å². The van der Waals surface area contributed by atoms with Gasteiger partial charge in [-0.25, -0.2) is 4.79 Å². The lowest BCUT2D eigenvalue weighted by molar-refractivity contribution is 0.0470. The lowest BCUT2D eigenvalue weighted by Crippen LogP contribution is -2.09. The van der Waals surface area contributed by atoms with Crippen LogP contribution in [0.3, 0.4) is 0 Å². The molecule has 0 bridgehead atoms. The summed E-state index contributed by atoms with van der Waals surface area (Å²) in [5, 5.41) is 0. The molecule has 28 heavy (non-hydrogen) atoms. The van der Waals surface area contributed by atoms with Crippen LogP contribution in [0.15, 0.2) is 66.7 Å². The Morgan fingerprint density at radius 2 is 1.46 bits per heavy atom. The second kappa shape index (κ2) is 9.09. The van der Waals surface area contributed by atoms with Gasteiger partial charge in [0.05, 0.1) is 19.8 Å². The second-order valence-corrected chi connectivity index (χ2v) is 6.53. The number of rotatable bonds is 7. The van der Waals surface area contributed by atoms with Crippen LogP contribution in [0, 0.1) is 6.92 Å². The molecule has 0 amide bonds. The highest BCUT2D eigenvalue weighted by molar-refractivity contribution is 5.91. The summed E-state index contributed by atoms with van der Waals surface area (Å²) in [5.41, 5.74) is 4.54. The molecule has 4 heteroatoms. The largest absolute Gasteiger partial charge is 0.493 e. The van der Waals surface area contributed by atoms with Gasteiger partial charge in [-0.3, -0.25) is 0 Å².